The van der Waals surface area contributed by atoms with Gasteiger partial charge in [0.05, 0.1) is 17.6 Å². The van der Waals surface area contributed by atoms with Gasteiger partial charge < -0.3 is 16.0 Å². The number of urea groups is 1. The van der Waals surface area contributed by atoms with E-state index in [0.29, 0.717) is 11.4 Å². The number of halogens is 1. The molecular formula is C13H13ClN4O. The molecule has 6 heteroatoms. The van der Waals surface area contributed by atoms with Crippen LogP contribution in [0.1, 0.15) is 0 Å². The van der Waals surface area contributed by atoms with Crippen LogP contribution in [0.15, 0.2) is 42.6 Å². The Morgan fingerprint density at radius 2 is 1.89 bits per heavy atom. The van der Waals surface area contributed by atoms with Crippen LogP contribution in [0.3, 0.4) is 0 Å². The van der Waals surface area contributed by atoms with Gasteiger partial charge in [0.1, 0.15) is 0 Å². The van der Waals surface area contributed by atoms with Gasteiger partial charge in [0, 0.05) is 12.7 Å². The lowest BCUT2D eigenvalue weighted by molar-refractivity contribution is 0.262. The molecule has 98 valence electrons. The van der Waals surface area contributed by atoms with Crippen molar-refractivity contribution in [2.45, 2.75) is 0 Å². The Balaban J connectivity index is 2.06. The van der Waals surface area contributed by atoms with Gasteiger partial charge >= 0.3 is 6.03 Å². The van der Waals surface area contributed by atoms with E-state index in [2.05, 4.69) is 20.9 Å². The van der Waals surface area contributed by atoms with Gasteiger partial charge in [-0.2, -0.15) is 0 Å². The highest BCUT2D eigenvalue weighted by Gasteiger charge is 2.07. The minimum absolute atomic E-state index is 0.238. The van der Waals surface area contributed by atoms with Crippen molar-refractivity contribution in [3.8, 4) is 0 Å². The molecule has 5 nitrogen and oxygen atoms in total. The first-order valence-corrected chi connectivity index (χ1v) is 6.03. The Hall–Kier alpha value is -2.27. The van der Waals surface area contributed by atoms with E-state index < -0.39 is 0 Å². The molecule has 1 aromatic heterocycles. The van der Waals surface area contributed by atoms with Crippen LogP contribution < -0.4 is 16.0 Å². The van der Waals surface area contributed by atoms with Gasteiger partial charge in [0.15, 0.2) is 5.15 Å². The highest BCUT2D eigenvalue weighted by atomic mass is 35.5. The van der Waals surface area contributed by atoms with Crippen molar-refractivity contribution in [3.63, 3.8) is 0 Å². The minimum Gasteiger partial charge on any atom is -0.387 e. The molecule has 0 aliphatic carbocycles. The number of carbonyl (C=O) groups excluding carboxylic acids is 1. The molecule has 0 fully saturated rings. The molecule has 2 amide bonds. The standard InChI is InChI=1S/C13H13ClN4O/c1-15-10-7-11(12(14)16-8-10)18-13(19)17-9-5-3-2-4-6-9/h2-8,15H,1H3,(H2,17,18,19). The normalized spacial score (nSPS) is 9.79. The number of amides is 2. The van der Waals surface area contributed by atoms with E-state index in [1.807, 2.05) is 18.2 Å². The van der Waals surface area contributed by atoms with Gasteiger partial charge in [-0.05, 0) is 18.2 Å². The number of pyridine rings is 1. The predicted molar refractivity (Wildman–Crippen MR) is 77.9 cm³/mol. The van der Waals surface area contributed by atoms with E-state index in [9.17, 15) is 4.79 Å². The summed E-state index contributed by atoms with van der Waals surface area (Å²) in [5, 5.41) is 8.51. The zero-order chi connectivity index (χ0) is 13.7. The lowest BCUT2D eigenvalue weighted by atomic mass is 10.3. The first kappa shape index (κ1) is 13.2. The minimum atomic E-state index is -0.372. The Kier molecular flexibility index (Phi) is 4.20. The third-order valence-electron chi connectivity index (χ3n) is 2.41. The van der Waals surface area contributed by atoms with Crippen LogP contribution in [0.4, 0.5) is 21.9 Å². The Morgan fingerprint density at radius 3 is 2.58 bits per heavy atom. The number of anilines is 3. The quantitative estimate of drug-likeness (QED) is 0.753. The van der Waals surface area contributed by atoms with Crippen molar-refractivity contribution in [2.75, 3.05) is 23.0 Å². The number of para-hydroxylation sites is 1. The lowest BCUT2D eigenvalue weighted by Crippen LogP contribution is -2.19. The molecule has 0 spiro atoms. The molecule has 2 aromatic rings. The van der Waals surface area contributed by atoms with E-state index in [1.165, 1.54) is 0 Å². The second-order valence-electron chi connectivity index (χ2n) is 3.76. The van der Waals surface area contributed by atoms with Crippen LogP contribution in [0.25, 0.3) is 0 Å². The SMILES string of the molecule is CNc1cnc(Cl)c(NC(=O)Nc2ccccc2)c1. The predicted octanol–water partition coefficient (Wildman–Crippen LogP) is 3.42. The van der Waals surface area contributed by atoms with Crippen LogP contribution in [0.2, 0.25) is 5.15 Å². The van der Waals surface area contributed by atoms with Crippen LogP contribution >= 0.6 is 11.6 Å². The monoisotopic (exact) mass is 276 g/mol. The summed E-state index contributed by atoms with van der Waals surface area (Å²) >= 11 is 5.92. The number of rotatable bonds is 3. The van der Waals surface area contributed by atoms with Gasteiger partial charge in [0.2, 0.25) is 0 Å². The number of hydrogen-bond donors (Lipinski definition) is 3. The summed E-state index contributed by atoms with van der Waals surface area (Å²) in [5.74, 6) is 0. The summed E-state index contributed by atoms with van der Waals surface area (Å²) in [6.45, 7) is 0. The van der Waals surface area contributed by atoms with Crippen LogP contribution in [0.5, 0.6) is 0 Å². The maximum atomic E-state index is 11.8. The molecule has 0 bridgehead atoms. The maximum absolute atomic E-state index is 11.8. The highest BCUT2D eigenvalue weighted by Crippen LogP contribution is 2.22. The Bertz CT molecular complexity index is 574. The average molecular weight is 277 g/mol. The van der Waals surface area contributed by atoms with Crippen molar-refractivity contribution >= 4 is 34.7 Å². The third-order valence-corrected chi connectivity index (χ3v) is 2.71. The molecule has 0 unspecified atom stereocenters. The van der Waals surface area contributed by atoms with Gasteiger partial charge in [-0.3, -0.25) is 0 Å². The van der Waals surface area contributed by atoms with E-state index in [1.54, 1.807) is 31.4 Å². The van der Waals surface area contributed by atoms with Crippen molar-refractivity contribution in [3.05, 3.63) is 47.7 Å². The summed E-state index contributed by atoms with van der Waals surface area (Å²) in [4.78, 5) is 15.8. The first-order valence-electron chi connectivity index (χ1n) is 5.65. The maximum Gasteiger partial charge on any atom is 0.323 e. The molecule has 3 N–H and O–H groups in total. The zero-order valence-electron chi connectivity index (χ0n) is 10.3. The fourth-order valence-corrected chi connectivity index (χ4v) is 1.63. The Labute approximate surface area is 116 Å². The number of nitrogens with one attached hydrogen (secondary N) is 3. The fraction of sp³-hybridized carbons (Fsp3) is 0.0769. The van der Waals surface area contributed by atoms with Crippen molar-refractivity contribution in [2.24, 2.45) is 0 Å². The molecule has 1 aromatic carbocycles. The van der Waals surface area contributed by atoms with Gasteiger partial charge in [-0.15, -0.1) is 0 Å². The number of aromatic nitrogens is 1. The molecule has 0 aliphatic heterocycles. The second-order valence-corrected chi connectivity index (χ2v) is 4.12. The topological polar surface area (TPSA) is 66.0 Å². The summed E-state index contributed by atoms with van der Waals surface area (Å²) in [6, 6.07) is 10.5. The summed E-state index contributed by atoms with van der Waals surface area (Å²) < 4.78 is 0. The van der Waals surface area contributed by atoms with Crippen molar-refractivity contribution < 1.29 is 4.79 Å². The number of hydrogen-bond acceptors (Lipinski definition) is 3. The van der Waals surface area contributed by atoms with Crippen LogP contribution in [-0.2, 0) is 0 Å². The van der Waals surface area contributed by atoms with Gasteiger partial charge in [-0.25, -0.2) is 9.78 Å². The molecule has 0 atom stereocenters. The van der Waals surface area contributed by atoms with Crippen LogP contribution in [-0.4, -0.2) is 18.1 Å². The molecule has 0 aliphatic rings. The smallest absolute Gasteiger partial charge is 0.323 e. The molecule has 0 saturated carbocycles. The molecule has 19 heavy (non-hydrogen) atoms. The second kappa shape index (κ2) is 6.06. The van der Waals surface area contributed by atoms with E-state index in [4.69, 9.17) is 11.6 Å². The van der Waals surface area contributed by atoms with Gasteiger partial charge in [0.25, 0.3) is 0 Å². The number of carbonyl (C=O) groups is 1. The summed E-state index contributed by atoms with van der Waals surface area (Å²) in [6.07, 6.45) is 1.59. The summed E-state index contributed by atoms with van der Waals surface area (Å²) in [7, 11) is 1.76. The number of benzene rings is 1. The molecule has 0 radical (unpaired) electrons. The molecule has 0 saturated heterocycles. The average Bonchev–Trinajstić information content (AvgIpc) is 2.42. The largest absolute Gasteiger partial charge is 0.387 e. The molecule has 1 heterocycles. The molecular weight excluding hydrogens is 264 g/mol. The third kappa shape index (κ3) is 3.59. The highest BCUT2D eigenvalue weighted by molar-refractivity contribution is 6.32. The fourth-order valence-electron chi connectivity index (χ4n) is 1.48. The van der Waals surface area contributed by atoms with Crippen LogP contribution in [0, 0.1) is 0 Å². The summed E-state index contributed by atoms with van der Waals surface area (Å²) in [5.41, 5.74) is 1.91. The van der Waals surface area contributed by atoms with E-state index in [0.717, 1.165) is 5.69 Å². The van der Waals surface area contributed by atoms with Crippen molar-refractivity contribution in [1.82, 2.24) is 4.98 Å². The molecule has 2 rings (SSSR count). The number of nitrogens with zero attached hydrogens (tertiary/aromatic N) is 1. The van der Waals surface area contributed by atoms with E-state index in [-0.39, 0.29) is 11.2 Å². The van der Waals surface area contributed by atoms with Crippen molar-refractivity contribution in [1.29, 1.82) is 0 Å². The first-order chi connectivity index (χ1) is 9.19. The van der Waals surface area contributed by atoms with Gasteiger partial charge in [-0.1, -0.05) is 29.8 Å². The Morgan fingerprint density at radius 1 is 1.16 bits per heavy atom. The van der Waals surface area contributed by atoms with E-state index >= 15 is 0 Å². The lowest BCUT2D eigenvalue weighted by Gasteiger charge is -2.09. The zero-order valence-corrected chi connectivity index (χ0v) is 11.0.